The van der Waals surface area contributed by atoms with E-state index in [1.54, 1.807) is 0 Å². The predicted molar refractivity (Wildman–Crippen MR) is 121 cm³/mol. The summed E-state index contributed by atoms with van der Waals surface area (Å²) in [6.07, 6.45) is 2.91. The fourth-order valence-corrected chi connectivity index (χ4v) is 3.75. The normalized spacial score (nSPS) is 22.0. The van der Waals surface area contributed by atoms with Crippen molar-refractivity contribution in [2.24, 2.45) is 0 Å². The Morgan fingerprint density at radius 3 is 1.54 bits per heavy atom. The molecule has 2 fully saturated rings. The van der Waals surface area contributed by atoms with E-state index >= 15 is 0 Å². The van der Waals surface area contributed by atoms with Crippen LogP contribution in [0.5, 0.6) is 0 Å². The van der Waals surface area contributed by atoms with E-state index in [-0.39, 0.29) is 39.3 Å². The molecule has 0 bridgehead atoms. The van der Waals surface area contributed by atoms with Crippen LogP contribution in [0.15, 0.2) is 0 Å². The number of rotatable bonds is 15. The average molecular weight is 531 g/mol. The molecule has 2 unspecified atom stereocenters. The summed E-state index contributed by atoms with van der Waals surface area (Å²) < 4.78 is 35.5. The molecular weight excluding hydrogens is 496 g/mol. The third-order valence-electron chi connectivity index (χ3n) is 5.65. The number of ether oxygens (including phenoxy) is 7. The lowest BCUT2D eigenvalue weighted by molar-refractivity contribution is -0.173. The largest absolute Gasteiger partial charge is 0.457 e. The Bertz CT molecular complexity index is 796. The molecule has 0 aromatic rings. The lowest BCUT2D eigenvalue weighted by Gasteiger charge is -2.16. The van der Waals surface area contributed by atoms with E-state index in [0.29, 0.717) is 32.1 Å². The quantitative estimate of drug-likeness (QED) is 0.0949. The maximum Gasteiger partial charge on any atom is 0.417 e. The highest BCUT2D eigenvalue weighted by molar-refractivity contribution is 6.30. The van der Waals surface area contributed by atoms with Crippen molar-refractivity contribution in [2.75, 3.05) is 33.0 Å². The summed E-state index contributed by atoms with van der Waals surface area (Å²) in [5.74, 6) is -5.42. The SMILES string of the molecule is CCCCCCOC(=O)C(=O)OCCCCCCOC(=O)C(=O)O[C@H]1COC2C1OC[C@H]2OC(=O)C=O. The van der Waals surface area contributed by atoms with Crippen molar-refractivity contribution in [2.45, 2.75) is 82.7 Å². The summed E-state index contributed by atoms with van der Waals surface area (Å²) >= 11 is 0. The number of carbonyl (C=O) groups is 6. The standard InChI is InChI=1S/C24H34O13/c1-2-3-4-7-10-31-21(27)22(28)32-11-8-5-6-9-12-33-23(29)24(30)37-17-15-35-19-16(14-34-20(17)19)36-18(26)13-25/h13,16-17,19-20H,2-12,14-15H2,1H3/t16-,17+,19?,20?/m1/s1. The van der Waals surface area contributed by atoms with Crippen LogP contribution in [0.2, 0.25) is 0 Å². The number of fused-ring (bicyclic) bond motifs is 1. The molecule has 4 atom stereocenters. The Balaban J connectivity index is 1.49. The Morgan fingerprint density at radius 2 is 1.08 bits per heavy atom. The monoisotopic (exact) mass is 530 g/mol. The number of hydrogen-bond acceptors (Lipinski definition) is 13. The molecule has 2 saturated heterocycles. The van der Waals surface area contributed by atoms with Crippen molar-refractivity contribution < 1.29 is 61.9 Å². The van der Waals surface area contributed by atoms with Crippen LogP contribution in [0.1, 0.15) is 58.3 Å². The van der Waals surface area contributed by atoms with E-state index in [9.17, 15) is 28.8 Å². The molecule has 2 aliphatic heterocycles. The lowest BCUT2D eigenvalue weighted by Crippen LogP contribution is -2.37. The second kappa shape index (κ2) is 16.6. The van der Waals surface area contributed by atoms with Gasteiger partial charge in [-0.1, -0.05) is 26.2 Å². The minimum atomic E-state index is -1.20. The highest BCUT2D eigenvalue weighted by atomic mass is 16.7. The van der Waals surface area contributed by atoms with Gasteiger partial charge in [0.25, 0.3) is 0 Å². The molecule has 0 radical (unpaired) electrons. The van der Waals surface area contributed by atoms with Crippen LogP contribution in [0.3, 0.4) is 0 Å². The maximum absolute atomic E-state index is 12.0. The first-order valence-electron chi connectivity index (χ1n) is 12.5. The molecule has 37 heavy (non-hydrogen) atoms. The smallest absolute Gasteiger partial charge is 0.417 e. The molecular formula is C24H34O13. The van der Waals surface area contributed by atoms with Crippen LogP contribution in [-0.4, -0.2) is 93.6 Å². The summed E-state index contributed by atoms with van der Waals surface area (Å²) in [5.41, 5.74) is 0. The van der Waals surface area contributed by atoms with Gasteiger partial charge in [-0.15, -0.1) is 0 Å². The maximum atomic E-state index is 12.0. The Labute approximate surface area is 214 Å². The van der Waals surface area contributed by atoms with Crippen molar-refractivity contribution >= 4 is 36.1 Å². The van der Waals surface area contributed by atoms with Gasteiger partial charge in [0, 0.05) is 0 Å². The molecule has 13 heteroatoms. The molecule has 0 aromatic carbocycles. The fraction of sp³-hybridized carbons (Fsp3) is 0.750. The molecule has 0 spiro atoms. The lowest BCUT2D eigenvalue weighted by atomic mass is 10.1. The van der Waals surface area contributed by atoms with E-state index in [1.807, 2.05) is 0 Å². The molecule has 13 nitrogen and oxygen atoms in total. The first-order chi connectivity index (χ1) is 17.9. The van der Waals surface area contributed by atoms with Gasteiger partial charge in [0.05, 0.1) is 33.0 Å². The van der Waals surface area contributed by atoms with Gasteiger partial charge in [0.1, 0.15) is 12.2 Å². The van der Waals surface area contributed by atoms with E-state index in [2.05, 4.69) is 6.92 Å². The first kappa shape index (κ1) is 30.2. The van der Waals surface area contributed by atoms with Crippen molar-refractivity contribution in [3.63, 3.8) is 0 Å². The van der Waals surface area contributed by atoms with E-state index in [4.69, 9.17) is 33.2 Å². The molecule has 2 heterocycles. The second-order valence-corrected chi connectivity index (χ2v) is 8.52. The van der Waals surface area contributed by atoms with Gasteiger partial charge < -0.3 is 33.2 Å². The van der Waals surface area contributed by atoms with Crippen LogP contribution in [0.25, 0.3) is 0 Å². The summed E-state index contributed by atoms with van der Waals surface area (Å²) in [4.78, 5) is 68.5. The minimum Gasteiger partial charge on any atom is -0.457 e. The number of esters is 5. The molecule has 2 rings (SSSR count). The van der Waals surface area contributed by atoms with E-state index in [0.717, 1.165) is 19.3 Å². The zero-order valence-electron chi connectivity index (χ0n) is 20.9. The van der Waals surface area contributed by atoms with E-state index in [1.165, 1.54) is 0 Å². The number of carbonyl (C=O) groups excluding carboxylic acids is 6. The highest BCUT2D eigenvalue weighted by Crippen LogP contribution is 2.30. The van der Waals surface area contributed by atoms with Gasteiger partial charge in [-0.2, -0.15) is 0 Å². The van der Waals surface area contributed by atoms with Gasteiger partial charge in [-0.3, -0.25) is 4.79 Å². The minimum absolute atomic E-state index is 0.00841. The summed E-state index contributed by atoms with van der Waals surface area (Å²) in [7, 11) is 0. The van der Waals surface area contributed by atoms with Crippen LogP contribution < -0.4 is 0 Å². The Morgan fingerprint density at radius 1 is 0.649 bits per heavy atom. The molecule has 0 saturated carbocycles. The molecule has 0 aliphatic carbocycles. The zero-order chi connectivity index (χ0) is 27.0. The molecule has 0 amide bonds. The molecule has 2 aliphatic rings. The topological polar surface area (TPSA) is 167 Å². The van der Waals surface area contributed by atoms with Crippen molar-refractivity contribution in [3.8, 4) is 0 Å². The van der Waals surface area contributed by atoms with Crippen molar-refractivity contribution in [3.05, 3.63) is 0 Å². The number of hydrogen-bond donors (Lipinski definition) is 0. The van der Waals surface area contributed by atoms with Gasteiger partial charge in [0.15, 0.2) is 12.2 Å². The fourth-order valence-electron chi connectivity index (χ4n) is 3.75. The van der Waals surface area contributed by atoms with Gasteiger partial charge in [-0.05, 0) is 32.1 Å². The van der Waals surface area contributed by atoms with Crippen LogP contribution in [-0.2, 0) is 61.9 Å². The molecule has 0 N–H and O–H groups in total. The second-order valence-electron chi connectivity index (χ2n) is 8.52. The Hall–Kier alpha value is -3.06. The summed E-state index contributed by atoms with van der Waals surface area (Å²) in [6.45, 7) is 2.23. The van der Waals surface area contributed by atoms with Gasteiger partial charge in [0.2, 0.25) is 6.29 Å². The first-order valence-corrected chi connectivity index (χ1v) is 12.5. The Kier molecular flexibility index (Phi) is 13.6. The number of aldehydes is 1. The molecule has 208 valence electrons. The van der Waals surface area contributed by atoms with Crippen molar-refractivity contribution in [1.29, 1.82) is 0 Å². The van der Waals surface area contributed by atoms with Gasteiger partial charge >= 0.3 is 29.8 Å². The predicted octanol–water partition coefficient (Wildman–Crippen LogP) is 0.577. The van der Waals surface area contributed by atoms with Crippen molar-refractivity contribution in [1.82, 2.24) is 0 Å². The summed E-state index contributed by atoms with van der Waals surface area (Å²) in [6, 6.07) is 0. The summed E-state index contributed by atoms with van der Waals surface area (Å²) in [5, 5.41) is 0. The third-order valence-corrected chi connectivity index (χ3v) is 5.65. The van der Waals surface area contributed by atoms with Crippen LogP contribution in [0.4, 0.5) is 0 Å². The third kappa shape index (κ3) is 10.4. The van der Waals surface area contributed by atoms with Gasteiger partial charge in [-0.25, -0.2) is 24.0 Å². The zero-order valence-corrected chi connectivity index (χ0v) is 20.9. The van der Waals surface area contributed by atoms with Crippen LogP contribution >= 0.6 is 0 Å². The van der Waals surface area contributed by atoms with Crippen LogP contribution in [0, 0.1) is 0 Å². The highest BCUT2D eigenvalue weighted by Gasteiger charge is 2.51. The van der Waals surface area contributed by atoms with E-state index < -0.39 is 54.3 Å². The molecule has 0 aromatic heterocycles. The number of unbranched alkanes of at least 4 members (excludes halogenated alkanes) is 6. The average Bonchev–Trinajstić information content (AvgIpc) is 3.47.